The lowest BCUT2D eigenvalue weighted by Gasteiger charge is -2.05. The van der Waals surface area contributed by atoms with E-state index in [1.54, 1.807) is 0 Å². The van der Waals surface area contributed by atoms with Gasteiger partial charge in [0.25, 0.3) is 0 Å². The molecule has 0 fully saturated rings. The van der Waals surface area contributed by atoms with Crippen molar-refractivity contribution >= 4 is 11.9 Å². The predicted octanol–water partition coefficient (Wildman–Crippen LogP) is -1.04. The first-order chi connectivity index (χ1) is 4.57. The number of ether oxygens (including phenoxy) is 1. The van der Waals surface area contributed by atoms with E-state index in [0.717, 1.165) is 0 Å². The average Bonchev–Trinajstić information content (AvgIpc) is 1.81. The molecule has 3 N–H and O–H groups in total. The van der Waals surface area contributed by atoms with Crippen LogP contribution in [0.4, 0.5) is 0 Å². The third-order valence-corrected chi connectivity index (χ3v) is 0.947. The molecule has 0 aliphatic rings. The van der Waals surface area contributed by atoms with E-state index in [2.05, 4.69) is 4.74 Å². The Morgan fingerprint density at radius 3 is 2.30 bits per heavy atom. The molecule has 0 aliphatic carbocycles. The van der Waals surface area contributed by atoms with Crippen LogP contribution in [0.2, 0.25) is 0 Å². The van der Waals surface area contributed by atoms with Crippen LogP contribution in [-0.2, 0) is 14.3 Å². The summed E-state index contributed by atoms with van der Waals surface area (Å²) in [6, 6.07) is 0. The first kappa shape index (κ1) is 8.90. The van der Waals surface area contributed by atoms with Gasteiger partial charge >= 0.3 is 5.97 Å². The van der Waals surface area contributed by atoms with E-state index in [1.165, 1.54) is 7.11 Å². The van der Waals surface area contributed by atoms with E-state index in [9.17, 15) is 9.59 Å². The Labute approximate surface area is 57.8 Å². The van der Waals surface area contributed by atoms with Gasteiger partial charge in [0.05, 0.1) is 6.42 Å². The van der Waals surface area contributed by atoms with Gasteiger partial charge in [0, 0.05) is 7.11 Å². The summed E-state index contributed by atoms with van der Waals surface area (Å²) in [5.41, 5.74) is 4.72. The van der Waals surface area contributed by atoms with Crippen molar-refractivity contribution in [1.82, 2.24) is 0 Å². The van der Waals surface area contributed by atoms with Gasteiger partial charge in [-0.2, -0.15) is 0 Å². The van der Waals surface area contributed by atoms with Crippen molar-refractivity contribution < 1.29 is 19.4 Å². The lowest BCUT2D eigenvalue weighted by molar-refractivity contribution is -0.150. The summed E-state index contributed by atoms with van der Waals surface area (Å²) in [7, 11) is 1.21. The third kappa shape index (κ3) is 3.03. The number of nitrogens with two attached hydrogens (primary N) is 1. The van der Waals surface area contributed by atoms with Gasteiger partial charge in [0.2, 0.25) is 5.91 Å². The van der Waals surface area contributed by atoms with Crippen LogP contribution in [-0.4, -0.2) is 30.2 Å². The molecule has 5 nitrogen and oxygen atoms in total. The molecule has 0 saturated carbocycles. The maximum Gasteiger partial charge on any atom is 0.333 e. The third-order valence-electron chi connectivity index (χ3n) is 0.947. The molecule has 10 heavy (non-hydrogen) atoms. The summed E-state index contributed by atoms with van der Waals surface area (Å²) in [5.74, 6) is -1.87. The van der Waals surface area contributed by atoms with Crippen molar-refractivity contribution in [3.63, 3.8) is 0 Å². The van der Waals surface area contributed by atoms with Gasteiger partial charge in [-0.1, -0.05) is 0 Å². The number of carbonyl (C=O) groups excluding carboxylic acids is 1. The molecule has 1 amide bonds. The molecule has 0 radical (unpaired) electrons. The number of hydrogen-bond donors (Lipinski definition) is 2. The van der Waals surface area contributed by atoms with Crippen LogP contribution < -0.4 is 5.73 Å². The normalized spacial score (nSPS) is 12.5. The molecule has 0 rings (SSSR count). The molecule has 1 atom stereocenters. The van der Waals surface area contributed by atoms with E-state index >= 15 is 0 Å². The summed E-state index contributed by atoms with van der Waals surface area (Å²) in [6.45, 7) is 0. The Bertz CT molecular complexity index is 145. The lowest BCUT2D eigenvalue weighted by Crippen LogP contribution is -2.28. The minimum atomic E-state index is -1.18. The standard InChI is InChI=1S/C5H9NO4/c1-10-3(5(8)9)2-4(6)7/h3H,2H2,1H3,(H2,6,7)(H,8,9). The first-order valence-electron chi connectivity index (χ1n) is 2.61. The minimum absolute atomic E-state index is 0.286. The van der Waals surface area contributed by atoms with Crippen LogP contribution in [0.15, 0.2) is 0 Å². The highest BCUT2D eigenvalue weighted by atomic mass is 16.5. The minimum Gasteiger partial charge on any atom is -0.479 e. The van der Waals surface area contributed by atoms with Crippen molar-refractivity contribution in [2.45, 2.75) is 12.5 Å². The summed E-state index contributed by atoms with van der Waals surface area (Å²) < 4.78 is 4.42. The van der Waals surface area contributed by atoms with E-state index in [-0.39, 0.29) is 6.42 Å². The number of primary amides is 1. The van der Waals surface area contributed by atoms with E-state index in [1.807, 2.05) is 0 Å². The highest BCUT2D eigenvalue weighted by Gasteiger charge is 2.18. The maximum absolute atomic E-state index is 10.2. The number of hydrogen-bond acceptors (Lipinski definition) is 3. The van der Waals surface area contributed by atoms with Crippen LogP contribution in [0, 0.1) is 0 Å². The van der Waals surface area contributed by atoms with Gasteiger partial charge in [0.15, 0.2) is 6.10 Å². The Balaban J connectivity index is 3.83. The van der Waals surface area contributed by atoms with Gasteiger partial charge in [-0.05, 0) is 0 Å². The largest absolute Gasteiger partial charge is 0.479 e. The lowest BCUT2D eigenvalue weighted by atomic mass is 10.2. The molecule has 0 bridgehead atoms. The highest BCUT2D eigenvalue weighted by molar-refractivity contribution is 5.82. The molecule has 0 saturated heterocycles. The second-order valence-corrected chi connectivity index (χ2v) is 1.73. The average molecular weight is 147 g/mol. The van der Waals surface area contributed by atoms with Crippen LogP contribution in [0.5, 0.6) is 0 Å². The first-order valence-corrected chi connectivity index (χ1v) is 2.61. The molecule has 0 heterocycles. The van der Waals surface area contributed by atoms with Crippen LogP contribution in [0.3, 0.4) is 0 Å². The zero-order valence-electron chi connectivity index (χ0n) is 5.53. The van der Waals surface area contributed by atoms with Crippen molar-refractivity contribution in [2.24, 2.45) is 5.73 Å². The smallest absolute Gasteiger partial charge is 0.333 e. The summed E-state index contributed by atoms with van der Waals surface area (Å²) >= 11 is 0. The molecular weight excluding hydrogens is 138 g/mol. The van der Waals surface area contributed by atoms with Crippen molar-refractivity contribution in [2.75, 3.05) is 7.11 Å². The molecule has 0 aromatic carbocycles. The van der Waals surface area contributed by atoms with Gasteiger partial charge in [-0.15, -0.1) is 0 Å². The topological polar surface area (TPSA) is 89.6 Å². The quantitative estimate of drug-likeness (QED) is 0.531. The molecule has 0 aliphatic heterocycles. The summed E-state index contributed by atoms with van der Waals surface area (Å²) in [6.07, 6.45) is -1.40. The van der Waals surface area contributed by atoms with Crippen molar-refractivity contribution in [1.29, 1.82) is 0 Å². The number of carbonyl (C=O) groups is 2. The second kappa shape index (κ2) is 3.84. The summed E-state index contributed by atoms with van der Waals surface area (Å²) in [4.78, 5) is 20.3. The molecule has 58 valence electrons. The number of aliphatic carboxylic acids is 1. The van der Waals surface area contributed by atoms with Crippen LogP contribution >= 0.6 is 0 Å². The van der Waals surface area contributed by atoms with Gasteiger partial charge in [-0.3, -0.25) is 4.79 Å². The molecule has 0 aromatic heterocycles. The number of methoxy groups -OCH3 is 1. The number of carboxylic acids is 1. The van der Waals surface area contributed by atoms with Crippen LogP contribution in [0.1, 0.15) is 6.42 Å². The monoisotopic (exact) mass is 147 g/mol. The van der Waals surface area contributed by atoms with Gasteiger partial charge < -0.3 is 15.6 Å². The fourth-order valence-corrected chi connectivity index (χ4v) is 0.454. The maximum atomic E-state index is 10.2. The Kier molecular flexibility index (Phi) is 3.42. The SMILES string of the molecule is COC(CC(N)=O)C(=O)O. The zero-order chi connectivity index (χ0) is 8.15. The molecule has 0 spiro atoms. The second-order valence-electron chi connectivity index (χ2n) is 1.73. The molecule has 1 unspecified atom stereocenters. The Hall–Kier alpha value is -1.10. The summed E-state index contributed by atoms with van der Waals surface area (Å²) in [5, 5.41) is 8.29. The number of rotatable bonds is 4. The predicted molar refractivity (Wildman–Crippen MR) is 32.2 cm³/mol. The molecule has 0 aromatic rings. The van der Waals surface area contributed by atoms with Crippen LogP contribution in [0.25, 0.3) is 0 Å². The van der Waals surface area contributed by atoms with E-state index < -0.39 is 18.0 Å². The van der Waals surface area contributed by atoms with E-state index in [0.29, 0.717) is 0 Å². The fourth-order valence-electron chi connectivity index (χ4n) is 0.454. The Morgan fingerprint density at radius 2 is 2.20 bits per heavy atom. The highest BCUT2D eigenvalue weighted by Crippen LogP contribution is 1.94. The van der Waals surface area contributed by atoms with Gasteiger partial charge in [-0.25, -0.2) is 4.79 Å². The number of carboxylic acid groups (broad SMARTS) is 1. The van der Waals surface area contributed by atoms with E-state index in [4.69, 9.17) is 10.8 Å². The Morgan fingerprint density at radius 1 is 1.70 bits per heavy atom. The molecular formula is C5H9NO4. The van der Waals surface area contributed by atoms with Crippen molar-refractivity contribution in [3.8, 4) is 0 Å². The molecule has 5 heteroatoms. The zero-order valence-corrected chi connectivity index (χ0v) is 5.53. The fraction of sp³-hybridized carbons (Fsp3) is 0.600. The van der Waals surface area contributed by atoms with Crippen molar-refractivity contribution in [3.05, 3.63) is 0 Å². The number of amides is 1. The van der Waals surface area contributed by atoms with Gasteiger partial charge in [0.1, 0.15) is 0 Å².